The molecule has 0 fully saturated rings. The average molecular weight is 353 g/mol. The number of aryl methyl sites for hydroxylation is 1. The molecule has 26 heavy (non-hydrogen) atoms. The van der Waals surface area contributed by atoms with E-state index in [2.05, 4.69) is 15.3 Å². The van der Waals surface area contributed by atoms with Crippen LogP contribution in [0.25, 0.3) is 0 Å². The predicted molar refractivity (Wildman–Crippen MR) is 94.8 cm³/mol. The number of imide groups is 1. The van der Waals surface area contributed by atoms with E-state index in [0.717, 1.165) is 10.6 Å². The average Bonchev–Trinajstić information content (AvgIpc) is 2.85. The Bertz CT molecular complexity index is 859. The van der Waals surface area contributed by atoms with Crippen LogP contribution in [0.4, 0.5) is 5.95 Å². The minimum atomic E-state index is -0.450. The van der Waals surface area contributed by atoms with E-state index in [1.165, 1.54) is 0 Å². The van der Waals surface area contributed by atoms with Crippen LogP contribution in [-0.4, -0.2) is 53.2 Å². The Balaban J connectivity index is 1.64. The van der Waals surface area contributed by atoms with Gasteiger partial charge in [0.15, 0.2) is 0 Å². The van der Waals surface area contributed by atoms with Crippen LogP contribution < -0.4 is 10.2 Å². The number of fused-ring (bicyclic) bond motifs is 1. The lowest BCUT2D eigenvalue weighted by atomic mass is 10.1. The highest BCUT2D eigenvalue weighted by atomic mass is 16.2. The van der Waals surface area contributed by atoms with Crippen molar-refractivity contribution in [2.75, 3.05) is 25.5 Å². The highest BCUT2D eigenvalue weighted by Crippen LogP contribution is 2.21. The van der Waals surface area contributed by atoms with Gasteiger partial charge in [0, 0.05) is 19.8 Å². The third kappa shape index (κ3) is 3.39. The SMILES string of the molecule is Cc1cc(CNC(=O)CN2C(=O)c3ccccc3C2=O)nc(N(C)C)n1. The molecule has 0 bridgehead atoms. The predicted octanol–water partition coefficient (Wildman–Crippen LogP) is 0.763. The largest absolute Gasteiger partial charge is 0.349 e. The van der Waals surface area contributed by atoms with Crippen molar-refractivity contribution in [3.05, 3.63) is 52.8 Å². The third-order valence-corrected chi connectivity index (χ3v) is 3.94. The van der Waals surface area contributed by atoms with Crippen LogP contribution in [-0.2, 0) is 11.3 Å². The summed E-state index contributed by atoms with van der Waals surface area (Å²) in [4.78, 5) is 48.1. The van der Waals surface area contributed by atoms with E-state index in [-0.39, 0.29) is 13.1 Å². The lowest BCUT2D eigenvalue weighted by molar-refractivity contribution is -0.121. The number of hydrogen-bond donors (Lipinski definition) is 1. The molecule has 0 atom stereocenters. The standard InChI is InChI=1S/C18H19N5O3/c1-11-8-12(21-18(20-11)22(2)3)9-19-15(24)10-23-16(25)13-6-4-5-7-14(13)17(23)26/h4-8H,9-10H2,1-3H3,(H,19,24). The van der Waals surface area contributed by atoms with E-state index in [9.17, 15) is 14.4 Å². The van der Waals surface area contributed by atoms with Gasteiger partial charge in [-0.25, -0.2) is 9.97 Å². The van der Waals surface area contributed by atoms with E-state index in [1.807, 2.05) is 21.0 Å². The maximum absolute atomic E-state index is 12.3. The maximum atomic E-state index is 12.3. The minimum absolute atomic E-state index is 0.187. The molecule has 2 heterocycles. The first-order chi connectivity index (χ1) is 12.4. The molecule has 1 aliphatic rings. The van der Waals surface area contributed by atoms with Gasteiger partial charge in [-0.2, -0.15) is 0 Å². The number of benzene rings is 1. The third-order valence-electron chi connectivity index (χ3n) is 3.94. The van der Waals surface area contributed by atoms with E-state index in [0.29, 0.717) is 22.8 Å². The lowest BCUT2D eigenvalue weighted by Gasteiger charge is -2.15. The second kappa shape index (κ2) is 6.91. The first-order valence-electron chi connectivity index (χ1n) is 8.10. The molecule has 0 spiro atoms. The highest BCUT2D eigenvalue weighted by molar-refractivity contribution is 6.22. The van der Waals surface area contributed by atoms with Crippen molar-refractivity contribution in [2.45, 2.75) is 13.5 Å². The van der Waals surface area contributed by atoms with Crippen LogP contribution in [0, 0.1) is 6.92 Å². The summed E-state index contributed by atoms with van der Waals surface area (Å²) in [5.74, 6) is -0.779. The molecule has 8 nitrogen and oxygen atoms in total. The number of anilines is 1. The molecular weight excluding hydrogens is 334 g/mol. The number of aromatic nitrogens is 2. The molecule has 1 aromatic heterocycles. The van der Waals surface area contributed by atoms with Gasteiger partial charge in [0.05, 0.1) is 23.4 Å². The van der Waals surface area contributed by atoms with Gasteiger partial charge in [0.25, 0.3) is 11.8 Å². The van der Waals surface area contributed by atoms with Crippen LogP contribution in [0.5, 0.6) is 0 Å². The number of rotatable bonds is 5. The van der Waals surface area contributed by atoms with Crippen LogP contribution in [0.1, 0.15) is 32.1 Å². The van der Waals surface area contributed by atoms with E-state index in [1.54, 1.807) is 35.2 Å². The number of nitrogens with zero attached hydrogens (tertiary/aromatic N) is 4. The summed E-state index contributed by atoms with van der Waals surface area (Å²) in [5.41, 5.74) is 2.09. The van der Waals surface area contributed by atoms with Crippen LogP contribution >= 0.6 is 0 Å². The summed E-state index contributed by atoms with van der Waals surface area (Å²) >= 11 is 0. The molecule has 0 saturated carbocycles. The molecule has 1 aromatic carbocycles. The van der Waals surface area contributed by atoms with Crippen molar-refractivity contribution in [1.29, 1.82) is 0 Å². The normalized spacial score (nSPS) is 13.0. The zero-order chi connectivity index (χ0) is 18.8. The summed E-state index contributed by atoms with van der Waals surface area (Å²) in [6.45, 7) is 1.71. The molecule has 1 N–H and O–H groups in total. The van der Waals surface area contributed by atoms with Gasteiger partial charge in [-0.3, -0.25) is 19.3 Å². The number of amides is 3. The first kappa shape index (κ1) is 17.5. The van der Waals surface area contributed by atoms with Gasteiger partial charge in [0.2, 0.25) is 11.9 Å². The zero-order valence-electron chi connectivity index (χ0n) is 14.8. The molecule has 1 aliphatic heterocycles. The molecule has 0 unspecified atom stereocenters. The Morgan fingerprint density at radius 3 is 2.31 bits per heavy atom. The Hall–Kier alpha value is -3.29. The Morgan fingerprint density at radius 2 is 1.73 bits per heavy atom. The van der Waals surface area contributed by atoms with Crippen molar-refractivity contribution in [3.8, 4) is 0 Å². The maximum Gasteiger partial charge on any atom is 0.262 e. The summed E-state index contributed by atoms with van der Waals surface area (Å²) in [6.07, 6.45) is 0. The molecule has 3 amide bonds. The Morgan fingerprint density at radius 1 is 1.12 bits per heavy atom. The topological polar surface area (TPSA) is 95.5 Å². The zero-order valence-corrected chi connectivity index (χ0v) is 14.8. The monoisotopic (exact) mass is 353 g/mol. The molecule has 8 heteroatoms. The van der Waals surface area contributed by atoms with Crippen LogP contribution in [0.3, 0.4) is 0 Å². The molecular formula is C18H19N5O3. The summed E-state index contributed by atoms with van der Waals surface area (Å²) < 4.78 is 0. The highest BCUT2D eigenvalue weighted by Gasteiger charge is 2.36. The summed E-state index contributed by atoms with van der Waals surface area (Å²) in [6, 6.07) is 8.32. The second-order valence-electron chi connectivity index (χ2n) is 6.21. The van der Waals surface area contributed by atoms with Crippen molar-refractivity contribution >= 4 is 23.7 Å². The molecule has 0 saturated heterocycles. The molecule has 3 rings (SSSR count). The number of hydrogen-bond acceptors (Lipinski definition) is 6. The van der Waals surface area contributed by atoms with Gasteiger partial charge in [-0.1, -0.05) is 12.1 Å². The van der Waals surface area contributed by atoms with Crippen molar-refractivity contribution in [3.63, 3.8) is 0 Å². The smallest absolute Gasteiger partial charge is 0.262 e. The van der Waals surface area contributed by atoms with Gasteiger partial charge < -0.3 is 10.2 Å². The fraction of sp³-hybridized carbons (Fsp3) is 0.278. The molecule has 134 valence electrons. The van der Waals surface area contributed by atoms with Gasteiger partial charge in [-0.05, 0) is 25.1 Å². The number of carbonyl (C=O) groups excluding carboxylic acids is 3. The Kier molecular flexibility index (Phi) is 4.66. The quantitative estimate of drug-likeness (QED) is 0.798. The van der Waals surface area contributed by atoms with E-state index in [4.69, 9.17) is 0 Å². The fourth-order valence-corrected chi connectivity index (χ4v) is 2.68. The molecule has 2 aromatic rings. The second-order valence-corrected chi connectivity index (χ2v) is 6.21. The van der Waals surface area contributed by atoms with Gasteiger partial charge >= 0.3 is 0 Å². The van der Waals surface area contributed by atoms with E-state index >= 15 is 0 Å². The van der Waals surface area contributed by atoms with Gasteiger partial charge in [0.1, 0.15) is 6.54 Å². The lowest BCUT2D eigenvalue weighted by Crippen LogP contribution is -2.40. The van der Waals surface area contributed by atoms with Crippen molar-refractivity contribution in [2.24, 2.45) is 0 Å². The Labute approximate surface area is 150 Å². The van der Waals surface area contributed by atoms with E-state index < -0.39 is 17.7 Å². The van der Waals surface area contributed by atoms with Gasteiger partial charge in [-0.15, -0.1) is 0 Å². The molecule has 0 radical (unpaired) electrons. The summed E-state index contributed by atoms with van der Waals surface area (Å²) in [7, 11) is 3.67. The van der Waals surface area contributed by atoms with Crippen molar-refractivity contribution in [1.82, 2.24) is 20.2 Å². The van der Waals surface area contributed by atoms with Crippen LogP contribution in [0.2, 0.25) is 0 Å². The number of nitrogens with one attached hydrogen (secondary N) is 1. The van der Waals surface area contributed by atoms with Crippen molar-refractivity contribution < 1.29 is 14.4 Å². The molecule has 0 aliphatic carbocycles. The minimum Gasteiger partial charge on any atom is -0.349 e. The van der Waals surface area contributed by atoms with Crippen LogP contribution in [0.15, 0.2) is 30.3 Å². The first-order valence-corrected chi connectivity index (χ1v) is 8.10. The number of carbonyl (C=O) groups is 3. The fourth-order valence-electron chi connectivity index (χ4n) is 2.68. The summed E-state index contributed by atoms with van der Waals surface area (Å²) in [5, 5.41) is 2.69.